The summed E-state index contributed by atoms with van der Waals surface area (Å²) in [5.41, 5.74) is 1.18. The first-order valence-corrected chi connectivity index (χ1v) is 6.32. The maximum absolute atomic E-state index is 10.5. The second-order valence-electron chi connectivity index (χ2n) is 4.88. The van der Waals surface area contributed by atoms with Crippen molar-refractivity contribution in [2.75, 3.05) is 0 Å². The van der Waals surface area contributed by atoms with E-state index in [-0.39, 0.29) is 0 Å². The zero-order valence-corrected chi connectivity index (χ0v) is 10.7. The molecule has 1 aromatic carbocycles. The Hall–Kier alpha value is -1.04. The van der Waals surface area contributed by atoms with Crippen molar-refractivity contribution in [2.24, 2.45) is 5.41 Å². The van der Waals surface area contributed by atoms with Crippen LogP contribution in [0.25, 0.3) is 0 Å². The number of aliphatic hydroxyl groups is 1. The van der Waals surface area contributed by atoms with Crippen LogP contribution in [-0.4, -0.2) is 5.11 Å². The smallest absolute Gasteiger partial charge is 0.0978 e. The summed E-state index contributed by atoms with van der Waals surface area (Å²) >= 11 is 5.90. The average molecular weight is 250 g/mol. The Bertz CT molecular complexity index is 458. The van der Waals surface area contributed by atoms with Crippen LogP contribution in [0.1, 0.15) is 42.9 Å². The van der Waals surface area contributed by atoms with Gasteiger partial charge in [0.05, 0.1) is 17.6 Å². The molecule has 1 aliphatic carbocycles. The zero-order chi connectivity index (χ0) is 12.5. The van der Waals surface area contributed by atoms with Crippen molar-refractivity contribution in [3.63, 3.8) is 0 Å². The molecule has 17 heavy (non-hydrogen) atoms. The van der Waals surface area contributed by atoms with Crippen LogP contribution in [0.5, 0.6) is 0 Å². The fraction of sp³-hybridized carbons (Fsp3) is 0.500. The lowest BCUT2D eigenvalue weighted by Gasteiger charge is -2.28. The summed E-state index contributed by atoms with van der Waals surface area (Å²) in [5, 5.41) is 20.5. The van der Waals surface area contributed by atoms with Crippen LogP contribution in [0.2, 0.25) is 5.02 Å². The van der Waals surface area contributed by atoms with Crippen LogP contribution in [0.15, 0.2) is 18.2 Å². The number of aliphatic hydroxyl groups excluding tert-OH is 1. The highest BCUT2D eigenvalue weighted by Gasteiger charge is 2.42. The van der Waals surface area contributed by atoms with Gasteiger partial charge in [-0.1, -0.05) is 30.5 Å². The van der Waals surface area contributed by atoms with Gasteiger partial charge in [-0.15, -0.1) is 0 Å². The van der Waals surface area contributed by atoms with Crippen LogP contribution < -0.4 is 0 Å². The Labute approximate surface area is 107 Å². The largest absolute Gasteiger partial charge is 0.387 e. The van der Waals surface area contributed by atoms with Gasteiger partial charge in [-0.05, 0) is 43.0 Å². The van der Waals surface area contributed by atoms with Gasteiger partial charge < -0.3 is 5.11 Å². The van der Waals surface area contributed by atoms with Gasteiger partial charge in [0.2, 0.25) is 0 Å². The standard InChI is InChI=1S/C14H16ClNO/c1-10-8-11(15)4-5-12(10)13(17)14(9-16)6-2-3-7-14/h4-5,8,13,17H,2-3,6-7H2,1H3. The Morgan fingerprint density at radius 3 is 2.59 bits per heavy atom. The highest BCUT2D eigenvalue weighted by Crippen LogP contribution is 2.47. The van der Waals surface area contributed by atoms with E-state index < -0.39 is 11.5 Å². The van der Waals surface area contributed by atoms with Crippen LogP contribution >= 0.6 is 11.6 Å². The Balaban J connectivity index is 2.36. The molecule has 3 heteroatoms. The van der Waals surface area contributed by atoms with Gasteiger partial charge in [0.25, 0.3) is 0 Å². The molecule has 2 rings (SSSR count). The summed E-state index contributed by atoms with van der Waals surface area (Å²) in [6, 6.07) is 7.77. The van der Waals surface area contributed by atoms with E-state index >= 15 is 0 Å². The molecule has 2 nitrogen and oxygen atoms in total. The Kier molecular flexibility index (Phi) is 3.42. The van der Waals surface area contributed by atoms with E-state index in [4.69, 9.17) is 11.6 Å². The van der Waals surface area contributed by atoms with E-state index in [0.29, 0.717) is 5.02 Å². The third-order valence-corrected chi connectivity index (χ3v) is 4.00. The number of halogens is 1. The van der Waals surface area contributed by atoms with Gasteiger partial charge in [-0.25, -0.2) is 0 Å². The second-order valence-corrected chi connectivity index (χ2v) is 5.31. The molecule has 0 saturated heterocycles. The Morgan fingerprint density at radius 1 is 1.41 bits per heavy atom. The fourth-order valence-electron chi connectivity index (χ4n) is 2.70. The monoisotopic (exact) mass is 249 g/mol. The molecular formula is C14H16ClNO. The molecule has 0 heterocycles. The van der Waals surface area contributed by atoms with E-state index in [9.17, 15) is 10.4 Å². The molecule has 1 aromatic rings. The van der Waals surface area contributed by atoms with Gasteiger partial charge in [0.1, 0.15) is 0 Å². The second kappa shape index (κ2) is 4.68. The highest BCUT2D eigenvalue weighted by atomic mass is 35.5. The van der Waals surface area contributed by atoms with Gasteiger partial charge >= 0.3 is 0 Å². The molecule has 1 N–H and O–H groups in total. The molecule has 0 aliphatic heterocycles. The summed E-state index contributed by atoms with van der Waals surface area (Å²) in [5.74, 6) is 0. The molecule has 1 unspecified atom stereocenters. The molecule has 1 aliphatic rings. The van der Waals surface area contributed by atoms with Crippen LogP contribution in [0.4, 0.5) is 0 Å². The predicted octanol–water partition coefficient (Wildman–Crippen LogP) is 3.77. The third-order valence-electron chi connectivity index (χ3n) is 3.77. The van der Waals surface area contributed by atoms with Gasteiger partial charge in [-0.3, -0.25) is 0 Å². The molecule has 0 spiro atoms. The molecule has 1 atom stereocenters. The first-order valence-electron chi connectivity index (χ1n) is 5.94. The first kappa shape index (κ1) is 12.4. The summed E-state index contributed by atoms with van der Waals surface area (Å²) in [7, 11) is 0. The molecule has 90 valence electrons. The van der Waals surface area contributed by atoms with E-state index in [2.05, 4.69) is 6.07 Å². The minimum Gasteiger partial charge on any atom is -0.387 e. The number of nitrogens with zero attached hydrogens (tertiary/aromatic N) is 1. The van der Waals surface area contributed by atoms with Crippen molar-refractivity contribution in [1.29, 1.82) is 5.26 Å². The van der Waals surface area contributed by atoms with Crippen LogP contribution in [0, 0.1) is 23.7 Å². The molecule has 0 bridgehead atoms. The van der Waals surface area contributed by atoms with Crippen molar-refractivity contribution < 1.29 is 5.11 Å². The van der Waals surface area contributed by atoms with Crippen LogP contribution in [0.3, 0.4) is 0 Å². The normalized spacial score (nSPS) is 19.9. The average Bonchev–Trinajstić information content (AvgIpc) is 2.78. The van der Waals surface area contributed by atoms with Crippen LogP contribution in [-0.2, 0) is 0 Å². The van der Waals surface area contributed by atoms with E-state index in [1.165, 1.54) is 0 Å². The molecule has 1 fully saturated rings. The van der Waals surface area contributed by atoms with Gasteiger partial charge in [0, 0.05) is 5.02 Å². The van der Waals surface area contributed by atoms with E-state index in [1.54, 1.807) is 6.07 Å². The molecule has 0 radical (unpaired) electrons. The molecule has 0 aromatic heterocycles. The highest BCUT2D eigenvalue weighted by molar-refractivity contribution is 6.30. The quantitative estimate of drug-likeness (QED) is 0.867. The summed E-state index contributed by atoms with van der Waals surface area (Å²) in [6.45, 7) is 1.92. The Morgan fingerprint density at radius 2 is 2.06 bits per heavy atom. The number of benzene rings is 1. The van der Waals surface area contributed by atoms with Gasteiger partial charge in [0.15, 0.2) is 0 Å². The topological polar surface area (TPSA) is 44.0 Å². The molecule has 0 amide bonds. The number of hydrogen-bond donors (Lipinski definition) is 1. The fourth-order valence-corrected chi connectivity index (χ4v) is 2.92. The number of hydrogen-bond acceptors (Lipinski definition) is 2. The summed E-state index contributed by atoms with van der Waals surface area (Å²) in [4.78, 5) is 0. The van der Waals surface area contributed by atoms with Gasteiger partial charge in [-0.2, -0.15) is 5.26 Å². The van der Waals surface area contributed by atoms with Crippen molar-refractivity contribution in [3.05, 3.63) is 34.3 Å². The minimum absolute atomic E-state index is 0.599. The first-order chi connectivity index (χ1) is 8.09. The third kappa shape index (κ3) is 2.18. The van der Waals surface area contributed by atoms with Crippen molar-refractivity contribution in [2.45, 2.75) is 38.7 Å². The lowest BCUT2D eigenvalue weighted by Crippen LogP contribution is -2.24. The maximum atomic E-state index is 10.5. The summed E-state index contributed by atoms with van der Waals surface area (Å²) < 4.78 is 0. The molecule has 1 saturated carbocycles. The number of rotatable bonds is 2. The van der Waals surface area contributed by atoms with Crippen molar-refractivity contribution in [1.82, 2.24) is 0 Å². The minimum atomic E-state index is -0.702. The zero-order valence-electron chi connectivity index (χ0n) is 9.91. The summed E-state index contributed by atoms with van der Waals surface area (Å²) in [6.07, 6.45) is 2.92. The van der Waals surface area contributed by atoms with Crippen molar-refractivity contribution in [3.8, 4) is 6.07 Å². The predicted molar refractivity (Wildman–Crippen MR) is 67.7 cm³/mol. The van der Waals surface area contributed by atoms with E-state index in [0.717, 1.165) is 36.8 Å². The lowest BCUT2D eigenvalue weighted by atomic mass is 9.78. The molecular weight excluding hydrogens is 234 g/mol. The van der Waals surface area contributed by atoms with E-state index in [1.807, 2.05) is 19.1 Å². The van der Waals surface area contributed by atoms with Crippen molar-refractivity contribution >= 4 is 11.6 Å². The number of aryl methyl sites for hydroxylation is 1. The number of nitriles is 1. The SMILES string of the molecule is Cc1cc(Cl)ccc1C(O)C1(C#N)CCCC1. The maximum Gasteiger partial charge on any atom is 0.0978 e. The lowest BCUT2D eigenvalue weighted by molar-refractivity contribution is 0.0666.